The highest BCUT2D eigenvalue weighted by Gasteiger charge is 2.29. The molecule has 7 heteroatoms. The summed E-state index contributed by atoms with van der Waals surface area (Å²) < 4.78 is 1.82. The standard InChI is InChI=1S/C16H19N5OS/c1-12(2)16(3,10-17)19-14(22)9-23-15-20-18-11-21(15)13-7-5-4-6-8-13/h4-8,11-12H,9H2,1-3H3,(H,19,22)/t16-/m1/s1. The number of nitrogens with zero attached hydrogens (tertiary/aromatic N) is 4. The van der Waals surface area contributed by atoms with Crippen LogP contribution in [0.4, 0.5) is 0 Å². The van der Waals surface area contributed by atoms with Gasteiger partial charge in [-0.1, -0.05) is 43.8 Å². The van der Waals surface area contributed by atoms with Gasteiger partial charge in [0.05, 0.1) is 11.8 Å². The lowest BCUT2D eigenvalue weighted by atomic mass is 9.90. The van der Waals surface area contributed by atoms with Crippen molar-refractivity contribution in [2.45, 2.75) is 31.5 Å². The SMILES string of the molecule is CC(C)[C@@](C)(C#N)NC(=O)CSc1nncn1-c1ccccc1. The highest BCUT2D eigenvalue weighted by Crippen LogP contribution is 2.20. The van der Waals surface area contributed by atoms with Crippen LogP contribution in [0.5, 0.6) is 0 Å². The molecule has 1 N–H and O–H groups in total. The molecule has 0 aliphatic heterocycles. The summed E-state index contributed by atoms with van der Waals surface area (Å²) >= 11 is 1.29. The average Bonchev–Trinajstić information content (AvgIpc) is 3.02. The molecule has 23 heavy (non-hydrogen) atoms. The summed E-state index contributed by atoms with van der Waals surface area (Å²) in [5.41, 5.74) is 0.0644. The summed E-state index contributed by atoms with van der Waals surface area (Å²) in [6.45, 7) is 5.54. The molecule has 0 fully saturated rings. The minimum atomic E-state index is -0.870. The number of aromatic nitrogens is 3. The zero-order valence-electron chi connectivity index (χ0n) is 13.4. The van der Waals surface area contributed by atoms with E-state index in [0.717, 1.165) is 5.69 Å². The fraction of sp³-hybridized carbons (Fsp3) is 0.375. The lowest BCUT2D eigenvalue weighted by Crippen LogP contribution is -2.49. The van der Waals surface area contributed by atoms with Crippen LogP contribution < -0.4 is 5.32 Å². The van der Waals surface area contributed by atoms with Crippen LogP contribution in [0.25, 0.3) is 5.69 Å². The molecule has 0 radical (unpaired) electrons. The lowest BCUT2D eigenvalue weighted by molar-refractivity contribution is -0.120. The number of nitrogens with one attached hydrogen (secondary N) is 1. The van der Waals surface area contributed by atoms with E-state index in [1.807, 2.05) is 48.7 Å². The van der Waals surface area contributed by atoms with E-state index in [-0.39, 0.29) is 17.6 Å². The van der Waals surface area contributed by atoms with Crippen LogP contribution in [0.3, 0.4) is 0 Å². The minimum absolute atomic E-state index is 0.0226. The van der Waals surface area contributed by atoms with Gasteiger partial charge in [0.1, 0.15) is 11.9 Å². The zero-order chi connectivity index (χ0) is 16.9. The quantitative estimate of drug-likeness (QED) is 0.823. The molecule has 6 nitrogen and oxygen atoms in total. The summed E-state index contributed by atoms with van der Waals surface area (Å²) in [5, 5.41) is 20.6. The maximum absolute atomic E-state index is 12.1. The number of thioether (sulfide) groups is 1. The predicted molar refractivity (Wildman–Crippen MR) is 89.1 cm³/mol. The minimum Gasteiger partial charge on any atom is -0.337 e. The lowest BCUT2D eigenvalue weighted by Gasteiger charge is -2.27. The number of nitriles is 1. The molecule has 1 amide bonds. The third-order valence-corrected chi connectivity index (χ3v) is 4.61. The molecular formula is C16H19N5OS. The van der Waals surface area contributed by atoms with Crippen LogP contribution in [0.1, 0.15) is 20.8 Å². The van der Waals surface area contributed by atoms with Gasteiger partial charge in [-0.25, -0.2) is 0 Å². The van der Waals surface area contributed by atoms with Gasteiger partial charge in [0.2, 0.25) is 5.91 Å². The number of benzene rings is 1. The maximum atomic E-state index is 12.1. The van der Waals surface area contributed by atoms with E-state index < -0.39 is 5.54 Å². The van der Waals surface area contributed by atoms with Crippen LogP contribution >= 0.6 is 11.8 Å². The molecule has 0 unspecified atom stereocenters. The number of para-hydroxylation sites is 1. The first-order chi connectivity index (χ1) is 11.0. The molecule has 1 atom stereocenters. The second-order valence-electron chi connectivity index (χ2n) is 5.62. The predicted octanol–water partition coefficient (Wildman–Crippen LogP) is 2.41. The molecule has 1 aromatic heterocycles. The first-order valence-corrected chi connectivity index (χ1v) is 8.25. The van der Waals surface area contributed by atoms with Crippen LogP contribution in [0.15, 0.2) is 41.8 Å². The summed E-state index contributed by atoms with van der Waals surface area (Å²) in [6.07, 6.45) is 1.61. The van der Waals surface area contributed by atoms with Gasteiger partial charge in [0.15, 0.2) is 5.16 Å². The fourth-order valence-electron chi connectivity index (χ4n) is 1.85. The summed E-state index contributed by atoms with van der Waals surface area (Å²) in [4.78, 5) is 12.1. The van der Waals surface area contributed by atoms with Crippen molar-refractivity contribution in [2.24, 2.45) is 5.92 Å². The largest absolute Gasteiger partial charge is 0.337 e. The van der Waals surface area contributed by atoms with E-state index in [1.54, 1.807) is 13.3 Å². The number of hydrogen-bond acceptors (Lipinski definition) is 5. The second-order valence-corrected chi connectivity index (χ2v) is 6.57. The van der Waals surface area contributed by atoms with Crippen LogP contribution in [0.2, 0.25) is 0 Å². The molecule has 2 rings (SSSR count). The Hall–Kier alpha value is -2.33. The van der Waals surface area contributed by atoms with E-state index in [0.29, 0.717) is 5.16 Å². The van der Waals surface area contributed by atoms with E-state index in [4.69, 9.17) is 0 Å². The topological polar surface area (TPSA) is 83.6 Å². The molecule has 0 saturated heterocycles. The first kappa shape index (κ1) is 17.0. The van der Waals surface area contributed by atoms with E-state index in [2.05, 4.69) is 21.6 Å². The molecule has 120 valence electrons. The van der Waals surface area contributed by atoms with Crippen LogP contribution in [-0.4, -0.2) is 32.0 Å². The van der Waals surface area contributed by atoms with E-state index in [9.17, 15) is 10.1 Å². The van der Waals surface area contributed by atoms with Crippen LogP contribution in [0, 0.1) is 17.2 Å². The van der Waals surface area contributed by atoms with Gasteiger partial charge >= 0.3 is 0 Å². The maximum Gasteiger partial charge on any atom is 0.231 e. The summed E-state index contributed by atoms with van der Waals surface area (Å²) in [5.74, 6) is -0.0000185. The molecule has 0 saturated carbocycles. The van der Waals surface area contributed by atoms with Gasteiger partial charge < -0.3 is 5.32 Å². The molecule has 2 aromatic rings. The number of amides is 1. The van der Waals surface area contributed by atoms with Gasteiger partial charge in [0.25, 0.3) is 0 Å². The number of carbonyl (C=O) groups excluding carboxylic acids is 1. The third kappa shape index (κ3) is 4.11. The Labute approximate surface area is 139 Å². The van der Waals surface area contributed by atoms with E-state index in [1.165, 1.54) is 11.8 Å². The molecule has 0 aliphatic rings. The van der Waals surface area contributed by atoms with Gasteiger partial charge in [0, 0.05) is 5.69 Å². The average molecular weight is 329 g/mol. The second kappa shape index (κ2) is 7.29. The van der Waals surface area contributed by atoms with Crippen molar-refractivity contribution in [1.29, 1.82) is 5.26 Å². The third-order valence-electron chi connectivity index (χ3n) is 3.67. The van der Waals surface area contributed by atoms with Crippen molar-refractivity contribution in [3.63, 3.8) is 0 Å². The van der Waals surface area contributed by atoms with Crippen molar-refractivity contribution in [3.05, 3.63) is 36.7 Å². The molecule has 0 bridgehead atoms. The van der Waals surface area contributed by atoms with Crippen molar-refractivity contribution in [1.82, 2.24) is 20.1 Å². The van der Waals surface area contributed by atoms with E-state index >= 15 is 0 Å². The Morgan fingerprint density at radius 2 is 2.13 bits per heavy atom. The monoisotopic (exact) mass is 329 g/mol. The Balaban J connectivity index is 2.02. The number of hydrogen-bond donors (Lipinski definition) is 1. The Morgan fingerprint density at radius 1 is 1.43 bits per heavy atom. The first-order valence-electron chi connectivity index (χ1n) is 7.27. The molecular weight excluding hydrogens is 310 g/mol. The van der Waals surface area contributed by atoms with Gasteiger partial charge in [-0.3, -0.25) is 9.36 Å². The number of rotatable bonds is 6. The summed E-state index contributed by atoms with van der Waals surface area (Å²) in [6, 6.07) is 11.8. The van der Waals surface area contributed by atoms with Gasteiger partial charge in [-0.2, -0.15) is 5.26 Å². The zero-order valence-corrected chi connectivity index (χ0v) is 14.2. The fourth-order valence-corrected chi connectivity index (χ4v) is 2.57. The van der Waals surface area contributed by atoms with Crippen molar-refractivity contribution < 1.29 is 4.79 Å². The molecule has 1 aromatic carbocycles. The van der Waals surface area contributed by atoms with Crippen LogP contribution in [-0.2, 0) is 4.79 Å². The van der Waals surface area contributed by atoms with Crippen molar-refractivity contribution in [3.8, 4) is 11.8 Å². The number of carbonyl (C=O) groups is 1. The highest BCUT2D eigenvalue weighted by molar-refractivity contribution is 7.99. The summed E-state index contributed by atoms with van der Waals surface area (Å²) in [7, 11) is 0. The Bertz CT molecular complexity index is 707. The Morgan fingerprint density at radius 3 is 2.74 bits per heavy atom. The molecule has 0 aliphatic carbocycles. The highest BCUT2D eigenvalue weighted by atomic mass is 32.2. The molecule has 0 spiro atoms. The Kier molecular flexibility index (Phi) is 5.40. The molecule has 1 heterocycles. The smallest absolute Gasteiger partial charge is 0.231 e. The van der Waals surface area contributed by atoms with Gasteiger partial charge in [-0.05, 0) is 25.0 Å². The normalized spacial score (nSPS) is 13.3. The van der Waals surface area contributed by atoms with Gasteiger partial charge in [-0.15, -0.1) is 10.2 Å². The van der Waals surface area contributed by atoms with Crippen molar-refractivity contribution in [2.75, 3.05) is 5.75 Å². The van der Waals surface area contributed by atoms with Crippen molar-refractivity contribution >= 4 is 17.7 Å².